The molecule has 2 atom stereocenters. The van der Waals surface area contributed by atoms with Crippen LogP contribution in [0, 0.1) is 0 Å². The van der Waals surface area contributed by atoms with Gasteiger partial charge in [0.15, 0.2) is 0 Å². The van der Waals surface area contributed by atoms with Gasteiger partial charge in [0, 0.05) is 51.7 Å². The van der Waals surface area contributed by atoms with Crippen LogP contribution < -0.4 is 9.47 Å². The summed E-state index contributed by atoms with van der Waals surface area (Å²) in [5, 5.41) is -0.379. The number of rotatable bonds is 12. The number of esters is 2. The average Bonchev–Trinajstić information content (AvgIpc) is 3.20. The molecule has 1 aromatic heterocycles. The maximum absolute atomic E-state index is 13.0. The second-order valence-electron chi connectivity index (χ2n) is 16.5. The van der Waals surface area contributed by atoms with Crippen molar-refractivity contribution in [1.29, 1.82) is 0 Å². The lowest BCUT2D eigenvalue weighted by atomic mass is 10.1. The summed E-state index contributed by atoms with van der Waals surface area (Å²) in [7, 11) is 0. The zero-order valence-corrected chi connectivity index (χ0v) is 36.1. The molecular weight excluding hydrogens is 817 g/mol. The van der Waals surface area contributed by atoms with Gasteiger partial charge in [0.05, 0.1) is 48.8 Å². The molecule has 2 aliphatic heterocycles. The first-order chi connectivity index (χ1) is 28.8. The number of nitrogens with zero attached hydrogens (tertiary/aromatic N) is 4. The van der Waals surface area contributed by atoms with Gasteiger partial charge in [0.25, 0.3) is 0 Å². The van der Waals surface area contributed by atoms with Crippen molar-refractivity contribution in [1.82, 2.24) is 19.8 Å². The molecule has 61 heavy (non-hydrogen) atoms. The molecule has 0 radical (unpaired) electrons. The molecule has 0 N–H and O–H groups in total. The molecule has 2 saturated heterocycles. The fraction of sp³-hybridized carbons (Fsp3) is 0.467. The highest BCUT2D eigenvalue weighted by Crippen LogP contribution is 2.38. The van der Waals surface area contributed by atoms with E-state index in [0.29, 0.717) is 63.2 Å². The van der Waals surface area contributed by atoms with Crippen LogP contribution in [0.25, 0.3) is 0 Å². The minimum absolute atomic E-state index is 0.0330. The van der Waals surface area contributed by atoms with Crippen molar-refractivity contribution >= 4 is 23.5 Å². The lowest BCUT2D eigenvalue weighted by Gasteiger charge is -2.33. The third-order valence-corrected chi connectivity index (χ3v) is 9.47. The summed E-state index contributed by atoms with van der Waals surface area (Å²) in [6.07, 6.45) is -0.815. The van der Waals surface area contributed by atoms with Gasteiger partial charge < -0.3 is 28.4 Å². The number of morpholine rings is 2. The fourth-order valence-electron chi connectivity index (χ4n) is 6.36. The molecule has 12 nitrogen and oxygen atoms in total. The molecule has 3 heterocycles. The molecule has 4 aromatic rings. The van der Waals surface area contributed by atoms with Gasteiger partial charge in [-0.1, -0.05) is 35.9 Å². The standard InChI is InChI=1S/C24H27ClF3NO4.C21H27N3O4/c1-23(2,3)33-22(30)10-11-29-12-13-31-21(15-29)16-4-6-17(7-5-16)32-18-8-9-20(25)19(14-18)24(26,27)28;1-21(2,3)28-19(25)9-12-24-13-14-26-18(15-24)16-5-7-17(8-6-16)27-20-22-10-4-11-23-20/h4-9,14,21H,10-13,15H2,1-3H3;4-8,10-11,18H,9,12-15H2,1-3H3. The predicted molar refractivity (Wildman–Crippen MR) is 223 cm³/mol. The Hall–Kier alpha value is -4.80. The molecule has 330 valence electrons. The maximum Gasteiger partial charge on any atom is 0.417 e. The first kappa shape index (κ1) is 47.3. The van der Waals surface area contributed by atoms with E-state index in [0.717, 1.165) is 42.9 Å². The third-order valence-electron chi connectivity index (χ3n) is 9.14. The molecular formula is C45H54ClF3N4O8. The Morgan fingerprint density at radius 2 is 1.13 bits per heavy atom. The van der Waals surface area contributed by atoms with Crippen LogP contribution in [0.4, 0.5) is 13.2 Å². The highest BCUT2D eigenvalue weighted by molar-refractivity contribution is 6.31. The Kier molecular flexibility index (Phi) is 16.5. The molecule has 3 aromatic carbocycles. The van der Waals surface area contributed by atoms with E-state index in [4.69, 9.17) is 40.0 Å². The van der Waals surface area contributed by atoms with Crippen LogP contribution in [0.1, 0.15) is 83.3 Å². The number of hydrogen-bond acceptors (Lipinski definition) is 12. The summed E-state index contributed by atoms with van der Waals surface area (Å²) < 4.78 is 72.9. The lowest BCUT2D eigenvalue weighted by Crippen LogP contribution is -2.39. The number of ether oxygens (including phenoxy) is 6. The van der Waals surface area contributed by atoms with Gasteiger partial charge in [-0.25, -0.2) is 9.97 Å². The van der Waals surface area contributed by atoms with Crippen molar-refractivity contribution in [2.75, 3.05) is 52.5 Å². The van der Waals surface area contributed by atoms with Crippen LogP contribution in [0.5, 0.6) is 23.3 Å². The van der Waals surface area contributed by atoms with E-state index in [1.54, 1.807) is 30.6 Å². The maximum atomic E-state index is 13.0. The highest BCUT2D eigenvalue weighted by atomic mass is 35.5. The summed E-state index contributed by atoms with van der Waals surface area (Å²) in [4.78, 5) is 36.4. The normalized spacial score (nSPS) is 17.7. The molecule has 2 aliphatic rings. The number of halogens is 4. The van der Waals surface area contributed by atoms with E-state index in [-0.39, 0.29) is 34.9 Å². The van der Waals surface area contributed by atoms with Crippen LogP contribution in [0.3, 0.4) is 0 Å². The van der Waals surface area contributed by atoms with Crippen molar-refractivity contribution in [2.24, 2.45) is 0 Å². The molecule has 0 spiro atoms. The Bertz CT molecular complexity index is 2010. The summed E-state index contributed by atoms with van der Waals surface area (Å²) in [5.74, 6) is 0.712. The summed E-state index contributed by atoms with van der Waals surface area (Å²) in [5.41, 5.74) is 0.0913. The Morgan fingerprint density at radius 3 is 1.57 bits per heavy atom. The first-order valence-corrected chi connectivity index (χ1v) is 20.5. The zero-order valence-electron chi connectivity index (χ0n) is 35.4. The van der Waals surface area contributed by atoms with Gasteiger partial charge in [-0.3, -0.25) is 19.4 Å². The van der Waals surface area contributed by atoms with Crippen molar-refractivity contribution < 1.29 is 51.2 Å². The lowest BCUT2D eigenvalue weighted by molar-refractivity contribution is -0.156. The van der Waals surface area contributed by atoms with Crippen LogP contribution in [0.2, 0.25) is 5.02 Å². The fourth-order valence-corrected chi connectivity index (χ4v) is 6.59. The van der Waals surface area contributed by atoms with E-state index in [1.807, 2.05) is 77.9 Å². The summed E-state index contributed by atoms with van der Waals surface area (Å²) >= 11 is 5.65. The number of benzene rings is 3. The quantitative estimate of drug-likeness (QED) is 0.126. The number of carbonyl (C=O) groups excluding carboxylic acids is 2. The van der Waals surface area contributed by atoms with E-state index in [1.165, 1.54) is 6.07 Å². The van der Waals surface area contributed by atoms with Crippen molar-refractivity contribution in [3.63, 3.8) is 0 Å². The second kappa shape index (κ2) is 21.3. The highest BCUT2D eigenvalue weighted by Gasteiger charge is 2.34. The number of alkyl halides is 3. The molecule has 0 amide bonds. The van der Waals surface area contributed by atoms with Crippen LogP contribution >= 0.6 is 11.6 Å². The number of hydrogen-bond donors (Lipinski definition) is 0. The van der Waals surface area contributed by atoms with Crippen LogP contribution in [0.15, 0.2) is 85.2 Å². The minimum Gasteiger partial charge on any atom is -0.460 e. The molecule has 6 rings (SSSR count). The van der Waals surface area contributed by atoms with Gasteiger partial charge in [0.1, 0.15) is 28.5 Å². The Labute approximate surface area is 360 Å². The molecule has 16 heteroatoms. The molecule has 0 bridgehead atoms. The van der Waals surface area contributed by atoms with Gasteiger partial charge in [0.2, 0.25) is 0 Å². The van der Waals surface area contributed by atoms with E-state index < -0.39 is 22.9 Å². The molecule has 2 unspecified atom stereocenters. The summed E-state index contributed by atoms with van der Waals surface area (Å²) in [6.45, 7) is 16.5. The van der Waals surface area contributed by atoms with E-state index in [2.05, 4.69) is 19.8 Å². The average molecular weight is 871 g/mol. The Balaban J connectivity index is 0.000000234. The second-order valence-corrected chi connectivity index (χ2v) is 16.9. The third kappa shape index (κ3) is 16.2. The van der Waals surface area contributed by atoms with Gasteiger partial charge >= 0.3 is 24.1 Å². The first-order valence-electron chi connectivity index (χ1n) is 20.1. The van der Waals surface area contributed by atoms with Crippen molar-refractivity contribution in [3.05, 3.63) is 107 Å². The van der Waals surface area contributed by atoms with Crippen LogP contribution in [-0.2, 0) is 34.7 Å². The van der Waals surface area contributed by atoms with Crippen molar-refractivity contribution in [2.45, 2.75) is 84.0 Å². The van der Waals surface area contributed by atoms with E-state index in [9.17, 15) is 22.8 Å². The Morgan fingerprint density at radius 1 is 0.689 bits per heavy atom. The monoisotopic (exact) mass is 870 g/mol. The minimum atomic E-state index is -4.56. The van der Waals surface area contributed by atoms with Crippen molar-refractivity contribution in [3.8, 4) is 23.3 Å². The number of aromatic nitrogens is 2. The van der Waals surface area contributed by atoms with Gasteiger partial charge in [-0.05, 0) is 101 Å². The molecule has 0 saturated carbocycles. The topological polar surface area (TPSA) is 122 Å². The molecule has 2 fully saturated rings. The SMILES string of the molecule is CC(C)(C)OC(=O)CCN1CCOC(c2ccc(Oc3ccc(Cl)c(C(F)(F)F)c3)cc2)C1.CC(C)(C)OC(=O)CCN1CCOC(c2ccc(Oc3ncccn3)cc2)C1. The largest absolute Gasteiger partial charge is 0.460 e. The molecule has 0 aliphatic carbocycles. The zero-order chi connectivity index (χ0) is 44.2. The van der Waals surface area contributed by atoms with Gasteiger partial charge in [-0.15, -0.1) is 0 Å². The van der Waals surface area contributed by atoms with E-state index >= 15 is 0 Å². The predicted octanol–water partition coefficient (Wildman–Crippen LogP) is 9.63. The summed E-state index contributed by atoms with van der Waals surface area (Å²) in [6, 6.07) is 20.2. The van der Waals surface area contributed by atoms with Gasteiger partial charge in [-0.2, -0.15) is 13.2 Å². The smallest absolute Gasteiger partial charge is 0.417 e. The number of carbonyl (C=O) groups is 2. The van der Waals surface area contributed by atoms with Crippen LogP contribution in [-0.4, -0.2) is 95.4 Å².